The van der Waals surface area contributed by atoms with E-state index in [0.717, 1.165) is 0 Å². The quantitative estimate of drug-likeness (QED) is 0.248. The lowest BCUT2D eigenvalue weighted by molar-refractivity contribution is -0.169. The second-order valence-electron chi connectivity index (χ2n) is 12.2. The average molecular weight is 693 g/mol. The van der Waals surface area contributed by atoms with E-state index in [4.69, 9.17) is 8.57 Å². The van der Waals surface area contributed by atoms with E-state index in [2.05, 4.69) is 0 Å². The Bertz CT molecular complexity index is 2100. The van der Waals surface area contributed by atoms with Gasteiger partial charge in [0.15, 0.2) is 0 Å². The maximum absolute atomic E-state index is 13.6. The summed E-state index contributed by atoms with van der Waals surface area (Å²) in [5.74, 6) is -10.4. The summed E-state index contributed by atoms with van der Waals surface area (Å²) in [6, 6.07) is 19.2. The maximum atomic E-state index is 13.6. The van der Waals surface area contributed by atoms with Crippen molar-refractivity contribution in [3.63, 3.8) is 0 Å². The number of hydrogen-bond donors (Lipinski definition) is 0. The molecule has 4 aromatic carbocycles. The lowest BCUT2D eigenvalue weighted by Crippen LogP contribution is -2.50. The van der Waals surface area contributed by atoms with Crippen LogP contribution in [-0.2, 0) is 48.0 Å². The summed E-state index contributed by atoms with van der Waals surface area (Å²) >= 11 is 0. The zero-order chi connectivity index (χ0) is 34.4. The molecular weight excluding hydrogens is 665 g/mol. The van der Waals surface area contributed by atoms with Crippen LogP contribution in [0.25, 0.3) is 21.5 Å². The van der Waals surface area contributed by atoms with Crippen molar-refractivity contribution in [2.45, 2.75) is 9.79 Å². The fraction of sp³-hybridized carbons (Fsp3) is 0.250. The van der Waals surface area contributed by atoms with Crippen molar-refractivity contribution < 1.29 is 44.6 Å². The van der Waals surface area contributed by atoms with Gasteiger partial charge in [-0.25, -0.2) is 0 Å². The third-order valence-corrected chi connectivity index (χ3v) is 11.5. The van der Waals surface area contributed by atoms with Crippen molar-refractivity contribution in [3.05, 3.63) is 72.8 Å². The van der Waals surface area contributed by atoms with Crippen LogP contribution in [0, 0.1) is 23.7 Å². The van der Waals surface area contributed by atoms with E-state index in [0.29, 0.717) is 32.9 Å². The van der Waals surface area contributed by atoms with E-state index in [-0.39, 0.29) is 19.9 Å². The van der Waals surface area contributed by atoms with Crippen LogP contribution in [0.4, 0.5) is 11.4 Å². The Kier molecular flexibility index (Phi) is 7.14. The van der Waals surface area contributed by atoms with Crippen LogP contribution in [0.15, 0.2) is 82.6 Å². The first-order valence-electron chi connectivity index (χ1n) is 14.7. The molecule has 7 rings (SSSR count). The number of hydroxylamine groups is 4. The second kappa shape index (κ2) is 10.8. The Balaban J connectivity index is 1.16. The summed E-state index contributed by atoms with van der Waals surface area (Å²) in [5.41, 5.74) is 1.08. The molecule has 14 nitrogen and oxygen atoms in total. The van der Waals surface area contributed by atoms with Crippen LogP contribution in [0.1, 0.15) is 0 Å². The molecule has 0 N–H and O–H groups in total. The number of fused-ring (bicyclic) bond motifs is 6. The molecule has 0 bridgehead atoms. The molecule has 0 aromatic heterocycles. The van der Waals surface area contributed by atoms with Crippen molar-refractivity contribution in [1.29, 1.82) is 0 Å². The third-order valence-electron chi connectivity index (χ3n) is 9.03. The first kappa shape index (κ1) is 31.7. The Morgan fingerprint density at radius 2 is 0.792 bits per heavy atom. The number of carbonyl (C=O) groups excluding carboxylic acids is 4. The van der Waals surface area contributed by atoms with Gasteiger partial charge in [0.05, 0.1) is 23.7 Å². The number of hydrogen-bond acceptors (Lipinski definition) is 12. The predicted molar refractivity (Wildman–Crippen MR) is 171 cm³/mol. The molecule has 248 valence electrons. The zero-order valence-corrected chi connectivity index (χ0v) is 27.6. The number of anilines is 2. The zero-order valence-electron chi connectivity index (χ0n) is 25.9. The van der Waals surface area contributed by atoms with E-state index in [1.165, 1.54) is 24.3 Å². The van der Waals surface area contributed by atoms with Gasteiger partial charge >= 0.3 is 20.2 Å². The van der Waals surface area contributed by atoms with Crippen LogP contribution in [0.5, 0.6) is 0 Å². The summed E-state index contributed by atoms with van der Waals surface area (Å²) in [6.07, 6.45) is 0. The predicted octanol–water partition coefficient (Wildman–Crippen LogP) is 2.28. The number of nitrogens with zero attached hydrogens (tertiary/aromatic N) is 4. The molecule has 1 aliphatic carbocycles. The average Bonchev–Trinajstić information content (AvgIpc) is 3.33. The van der Waals surface area contributed by atoms with Crippen LogP contribution >= 0.6 is 0 Å². The van der Waals surface area contributed by atoms with Crippen molar-refractivity contribution in [2.75, 3.05) is 38.0 Å². The van der Waals surface area contributed by atoms with Crippen LogP contribution in [-0.4, -0.2) is 78.8 Å². The van der Waals surface area contributed by atoms with Gasteiger partial charge in [0.2, 0.25) is 0 Å². The van der Waals surface area contributed by atoms with Gasteiger partial charge in [0, 0.05) is 50.3 Å². The Morgan fingerprint density at radius 3 is 1.08 bits per heavy atom. The van der Waals surface area contributed by atoms with E-state index in [1.54, 1.807) is 86.5 Å². The largest absolute Gasteiger partial charge is 0.377 e. The highest BCUT2D eigenvalue weighted by Crippen LogP contribution is 2.57. The summed E-state index contributed by atoms with van der Waals surface area (Å²) < 4.78 is 64.5. The van der Waals surface area contributed by atoms with Crippen molar-refractivity contribution in [1.82, 2.24) is 10.1 Å². The molecule has 4 aromatic rings. The van der Waals surface area contributed by atoms with Gasteiger partial charge in [-0.15, -0.1) is 18.7 Å². The van der Waals surface area contributed by atoms with Gasteiger partial charge in [0.25, 0.3) is 23.6 Å². The monoisotopic (exact) mass is 692 g/mol. The first-order valence-corrected chi connectivity index (χ1v) is 17.5. The summed E-state index contributed by atoms with van der Waals surface area (Å²) in [6.45, 7) is 0. The smallest absolute Gasteiger partial charge is 0.318 e. The summed E-state index contributed by atoms with van der Waals surface area (Å²) in [7, 11) is -2.69. The SMILES string of the molecule is CN(C)c1cccc2cccc(S(=O)(=O)ON3C(=O)C4C(C3=O)C3C(=O)N(OS(=O)(=O)c5cccc6cccc(N(C)C)c56)C(=O)C43)c12. The molecule has 1 saturated carbocycles. The fourth-order valence-electron chi connectivity index (χ4n) is 6.90. The number of imide groups is 2. The molecule has 0 unspecified atom stereocenters. The molecule has 3 aliphatic rings. The lowest BCUT2D eigenvalue weighted by Gasteiger charge is -2.35. The standard InChI is InChI=1S/C32H28N4O10S2/c1-33(2)19-13-5-9-17-11-7-15-21(23(17)19)47(41,42)45-35-29(37)25-26(30(35)38)28-27(25)31(39)36(32(28)40)46-48(43,44)22-16-8-12-18-10-6-14-20(24(18)22)34(3)4/h5-16,25-28H,1-4H3. The molecule has 4 amide bonds. The van der Waals surface area contributed by atoms with Crippen molar-refractivity contribution >= 4 is 76.8 Å². The first-order chi connectivity index (χ1) is 22.7. The highest BCUT2D eigenvalue weighted by molar-refractivity contribution is 7.87. The normalized spacial score (nSPS) is 22.3. The van der Waals surface area contributed by atoms with E-state index < -0.39 is 67.5 Å². The highest BCUT2D eigenvalue weighted by Gasteiger charge is 2.75. The van der Waals surface area contributed by atoms with E-state index in [1.807, 2.05) is 0 Å². The second-order valence-corrected chi connectivity index (χ2v) is 15.1. The molecule has 48 heavy (non-hydrogen) atoms. The summed E-state index contributed by atoms with van der Waals surface area (Å²) in [4.78, 5) is 56.6. The molecule has 2 saturated heterocycles. The van der Waals surface area contributed by atoms with Gasteiger partial charge in [-0.05, 0) is 35.0 Å². The minimum absolute atomic E-state index is 0.0848. The van der Waals surface area contributed by atoms with Gasteiger partial charge in [-0.2, -0.15) is 16.8 Å². The minimum Gasteiger partial charge on any atom is -0.377 e. The van der Waals surface area contributed by atoms with Crippen molar-refractivity contribution in [3.8, 4) is 0 Å². The highest BCUT2D eigenvalue weighted by atomic mass is 32.2. The third kappa shape index (κ3) is 4.51. The number of amides is 4. The summed E-state index contributed by atoms with van der Waals surface area (Å²) in [5, 5.41) is 1.89. The molecule has 0 radical (unpaired) electrons. The van der Waals surface area contributed by atoms with Gasteiger partial charge in [-0.3, -0.25) is 19.2 Å². The van der Waals surface area contributed by atoms with Gasteiger partial charge in [-0.1, -0.05) is 48.5 Å². The number of rotatable bonds is 8. The molecule has 3 fully saturated rings. The lowest BCUT2D eigenvalue weighted by atomic mass is 9.59. The molecule has 2 aliphatic heterocycles. The molecule has 2 heterocycles. The van der Waals surface area contributed by atoms with E-state index in [9.17, 15) is 36.0 Å². The molecule has 0 spiro atoms. The fourth-order valence-corrected chi connectivity index (χ4v) is 9.18. The van der Waals surface area contributed by atoms with Crippen LogP contribution in [0.2, 0.25) is 0 Å². The minimum atomic E-state index is -4.79. The van der Waals surface area contributed by atoms with Crippen molar-refractivity contribution in [2.24, 2.45) is 23.7 Å². The number of carbonyl (C=O) groups is 4. The Hall–Kier alpha value is -4.90. The molecular formula is C32H28N4O10S2. The van der Waals surface area contributed by atoms with E-state index >= 15 is 0 Å². The van der Waals surface area contributed by atoms with Crippen LogP contribution < -0.4 is 9.80 Å². The molecule has 0 atom stereocenters. The van der Waals surface area contributed by atoms with Gasteiger partial charge in [0.1, 0.15) is 9.79 Å². The topological polar surface area (TPSA) is 168 Å². The molecule has 16 heteroatoms. The Labute approximate surface area is 275 Å². The van der Waals surface area contributed by atoms with Crippen LogP contribution in [0.3, 0.4) is 0 Å². The van der Waals surface area contributed by atoms with Gasteiger partial charge < -0.3 is 9.80 Å². The number of benzene rings is 4. The maximum Gasteiger partial charge on any atom is 0.318 e. The Morgan fingerprint density at radius 1 is 0.500 bits per heavy atom.